The molecule has 3 rings (SSSR count). The number of hydrogen-bond donors (Lipinski definition) is 0. The fourth-order valence-electron chi connectivity index (χ4n) is 2.62. The van der Waals surface area contributed by atoms with E-state index in [0.29, 0.717) is 11.3 Å². The summed E-state index contributed by atoms with van der Waals surface area (Å²) in [7, 11) is -3.26. The van der Waals surface area contributed by atoms with Gasteiger partial charge in [-0.25, -0.2) is 8.42 Å². The van der Waals surface area contributed by atoms with Crippen LogP contribution in [0, 0.1) is 6.92 Å². The van der Waals surface area contributed by atoms with Crippen molar-refractivity contribution in [3.63, 3.8) is 0 Å². The highest BCUT2D eigenvalue weighted by molar-refractivity contribution is 9.10. The van der Waals surface area contributed by atoms with Gasteiger partial charge in [-0.05, 0) is 49.4 Å². The van der Waals surface area contributed by atoms with E-state index < -0.39 is 15.9 Å². The Morgan fingerprint density at radius 1 is 1.08 bits per heavy atom. The molecule has 4 nitrogen and oxygen atoms in total. The molecule has 0 unspecified atom stereocenters. The number of halogens is 1. The number of carbonyl (C=O) groups excluding carboxylic acids is 1. The first-order chi connectivity index (χ1) is 11.4. The van der Waals surface area contributed by atoms with E-state index in [9.17, 15) is 13.2 Å². The Kier molecular flexibility index (Phi) is 4.60. The third-order valence-electron chi connectivity index (χ3n) is 3.86. The highest BCUT2D eigenvalue weighted by Gasteiger charge is 2.31. The van der Waals surface area contributed by atoms with Crippen LogP contribution in [0.4, 0.5) is 5.69 Å². The zero-order valence-corrected chi connectivity index (χ0v) is 15.4. The third kappa shape index (κ3) is 3.60. The van der Waals surface area contributed by atoms with Crippen molar-refractivity contribution >= 4 is 37.4 Å². The molecule has 0 bridgehead atoms. The van der Waals surface area contributed by atoms with Crippen molar-refractivity contribution in [2.24, 2.45) is 0 Å². The molecule has 0 radical (unpaired) electrons. The fourth-order valence-corrected chi connectivity index (χ4v) is 4.15. The Balaban J connectivity index is 2.01. The van der Waals surface area contributed by atoms with E-state index in [1.54, 1.807) is 35.2 Å². The third-order valence-corrected chi connectivity index (χ3v) is 5.77. The molecule has 24 heavy (non-hydrogen) atoms. The molecule has 1 atom stereocenters. The summed E-state index contributed by atoms with van der Waals surface area (Å²) in [6, 6.07) is 14.0. The lowest BCUT2D eigenvalue weighted by atomic mass is 10.1. The summed E-state index contributed by atoms with van der Waals surface area (Å²) in [4.78, 5) is 14.6. The summed E-state index contributed by atoms with van der Waals surface area (Å²) >= 11 is 3.35. The molecule has 0 aromatic heterocycles. The van der Waals surface area contributed by atoms with Crippen LogP contribution < -0.4 is 4.90 Å². The standard InChI is InChI=1S/C18H16BrNO3S/c1-13-2-8-16(9-3-13)20(17-10-11-24(22,23)12-17)18(21)14-4-6-15(19)7-5-14/h2-11,17H,12H2,1H3/t17-/m0/s1. The molecule has 0 aliphatic carbocycles. The minimum absolute atomic E-state index is 0.0941. The van der Waals surface area contributed by atoms with Gasteiger partial charge in [-0.15, -0.1) is 0 Å². The smallest absolute Gasteiger partial charge is 0.258 e. The van der Waals surface area contributed by atoms with Gasteiger partial charge in [0.15, 0.2) is 9.84 Å². The number of amides is 1. The number of nitrogens with zero attached hydrogens (tertiary/aromatic N) is 1. The molecule has 0 fully saturated rings. The molecule has 0 spiro atoms. The van der Waals surface area contributed by atoms with Crippen molar-refractivity contribution in [2.75, 3.05) is 10.7 Å². The molecule has 1 amide bonds. The zero-order chi connectivity index (χ0) is 17.3. The average molecular weight is 406 g/mol. The number of rotatable bonds is 3. The first-order valence-electron chi connectivity index (χ1n) is 7.42. The van der Waals surface area contributed by atoms with Crippen LogP contribution in [0.1, 0.15) is 15.9 Å². The first-order valence-corrected chi connectivity index (χ1v) is 9.93. The molecule has 1 heterocycles. The van der Waals surface area contributed by atoms with Crippen molar-refractivity contribution in [2.45, 2.75) is 13.0 Å². The molecule has 2 aromatic carbocycles. The number of sulfone groups is 1. The van der Waals surface area contributed by atoms with E-state index in [0.717, 1.165) is 10.0 Å². The van der Waals surface area contributed by atoms with Crippen molar-refractivity contribution < 1.29 is 13.2 Å². The molecule has 124 valence electrons. The van der Waals surface area contributed by atoms with Crippen molar-refractivity contribution in [3.05, 3.63) is 75.6 Å². The van der Waals surface area contributed by atoms with Crippen LogP contribution in [-0.2, 0) is 9.84 Å². The van der Waals surface area contributed by atoms with Gasteiger partial charge in [0.05, 0.1) is 11.8 Å². The maximum Gasteiger partial charge on any atom is 0.258 e. The molecular weight excluding hydrogens is 390 g/mol. The highest BCUT2D eigenvalue weighted by atomic mass is 79.9. The molecule has 6 heteroatoms. The fraction of sp³-hybridized carbons (Fsp3) is 0.167. The molecule has 1 aliphatic heterocycles. The summed E-state index contributed by atoms with van der Waals surface area (Å²) in [5.41, 5.74) is 2.26. The Hall–Kier alpha value is -1.92. The highest BCUT2D eigenvalue weighted by Crippen LogP contribution is 2.25. The largest absolute Gasteiger partial charge is 0.300 e. The van der Waals surface area contributed by atoms with Crippen LogP contribution in [0.2, 0.25) is 0 Å². The van der Waals surface area contributed by atoms with Crippen LogP contribution in [0.15, 0.2) is 64.5 Å². The van der Waals surface area contributed by atoms with Gasteiger partial charge in [0.25, 0.3) is 5.91 Å². The molecule has 0 saturated carbocycles. The summed E-state index contributed by atoms with van der Waals surface area (Å²) in [6.45, 7) is 1.96. The van der Waals surface area contributed by atoms with Gasteiger partial charge in [-0.1, -0.05) is 33.6 Å². The SMILES string of the molecule is Cc1ccc(N(C(=O)c2ccc(Br)cc2)[C@H]2C=CS(=O)(=O)C2)cc1. The first kappa shape index (κ1) is 16.9. The number of aryl methyl sites for hydroxylation is 1. The Bertz CT molecular complexity index is 887. The van der Waals surface area contributed by atoms with Gasteiger partial charge in [-0.3, -0.25) is 4.79 Å². The van der Waals surface area contributed by atoms with Crippen LogP contribution in [-0.4, -0.2) is 26.1 Å². The Morgan fingerprint density at radius 2 is 1.71 bits per heavy atom. The van der Waals surface area contributed by atoms with Gasteiger partial charge in [0, 0.05) is 21.1 Å². The summed E-state index contributed by atoms with van der Waals surface area (Å²) in [5.74, 6) is -0.318. The quantitative estimate of drug-likeness (QED) is 0.781. The van der Waals surface area contributed by atoms with Gasteiger partial charge in [-0.2, -0.15) is 0 Å². The second kappa shape index (κ2) is 6.53. The van der Waals surface area contributed by atoms with Crippen LogP contribution >= 0.6 is 15.9 Å². The van der Waals surface area contributed by atoms with E-state index in [-0.39, 0.29) is 11.7 Å². The minimum atomic E-state index is -3.26. The lowest BCUT2D eigenvalue weighted by molar-refractivity contribution is 0.0983. The van der Waals surface area contributed by atoms with Gasteiger partial charge in [0.2, 0.25) is 0 Å². The Labute approximate surface area is 149 Å². The second-order valence-corrected chi connectivity index (χ2v) is 8.59. The molecular formula is C18H16BrNO3S. The summed E-state index contributed by atoms with van der Waals surface area (Å²) < 4.78 is 24.5. The van der Waals surface area contributed by atoms with Crippen molar-refractivity contribution in [3.8, 4) is 0 Å². The van der Waals surface area contributed by atoms with E-state index >= 15 is 0 Å². The number of benzene rings is 2. The lowest BCUT2D eigenvalue weighted by Crippen LogP contribution is -2.41. The van der Waals surface area contributed by atoms with E-state index in [1.165, 1.54) is 5.41 Å². The topological polar surface area (TPSA) is 54.5 Å². The van der Waals surface area contributed by atoms with Crippen molar-refractivity contribution in [1.29, 1.82) is 0 Å². The van der Waals surface area contributed by atoms with Crippen LogP contribution in [0.25, 0.3) is 0 Å². The monoisotopic (exact) mass is 405 g/mol. The molecule has 2 aromatic rings. The summed E-state index contributed by atoms with van der Waals surface area (Å²) in [5, 5.41) is 1.19. The normalized spacial score (nSPS) is 18.5. The predicted octanol–water partition coefficient (Wildman–Crippen LogP) is 3.72. The lowest BCUT2D eigenvalue weighted by Gasteiger charge is -2.28. The zero-order valence-electron chi connectivity index (χ0n) is 13.0. The Morgan fingerprint density at radius 3 is 2.25 bits per heavy atom. The van der Waals surface area contributed by atoms with Crippen LogP contribution in [0.5, 0.6) is 0 Å². The molecule has 0 N–H and O–H groups in total. The summed E-state index contributed by atoms with van der Waals surface area (Å²) in [6.07, 6.45) is 1.58. The van der Waals surface area contributed by atoms with Gasteiger partial charge in [0.1, 0.15) is 0 Å². The average Bonchev–Trinajstić information content (AvgIpc) is 2.90. The van der Waals surface area contributed by atoms with Crippen LogP contribution in [0.3, 0.4) is 0 Å². The number of carbonyl (C=O) groups is 1. The maximum absolute atomic E-state index is 13.0. The minimum Gasteiger partial charge on any atom is -0.300 e. The number of anilines is 1. The van der Waals surface area contributed by atoms with Crippen molar-refractivity contribution in [1.82, 2.24) is 0 Å². The van der Waals surface area contributed by atoms with E-state index in [4.69, 9.17) is 0 Å². The maximum atomic E-state index is 13.0. The predicted molar refractivity (Wildman–Crippen MR) is 98.8 cm³/mol. The second-order valence-electron chi connectivity index (χ2n) is 5.74. The number of hydrogen-bond acceptors (Lipinski definition) is 3. The molecule has 0 saturated heterocycles. The molecule has 1 aliphatic rings. The van der Waals surface area contributed by atoms with E-state index in [1.807, 2.05) is 31.2 Å². The van der Waals surface area contributed by atoms with E-state index in [2.05, 4.69) is 15.9 Å². The van der Waals surface area contributed by atoms with Gasteiger partial charge < -0.3 is 4.90 Å². The van der Waals surface area contributed by atoms with Gasteiger partial charge >= 0.3 is 0 Å².